The van der Waals surface area contributed by atoms with Crippen LogP contribution in [0.4, 0.5) is 5.69 Å². The SMILES string of the molecule is CN1C(=O)COc2ccc(CNC(=O)c3cccc(C#N)c3)cc21. The fourth-order valence-corrected chi connectivity index (χ4v) is 2.44. The van der Waals surface area contributed by atoms with Crippen LogP contribution in [0.15, 0.2) is 42.5 Å². The number of carbonyl (C=O) groups excluding carboxylic acids is 2. The van der Waals surface area contributed by atoms with Gasteiger partial charge in [0.15, 0.2) is 6.61 Å². The number of ether oxygens (including phenoxy) is 1. The third-order valence-corrected chi connectivity index (χ3v) is 3.82. The predicted octanol–water partition coefficient (Wildman–Crippen LogP) is 1.84. The Kier molecular flexibility index (Phi) is 4.17. The molecule has 1 aliphatic heterocycles. The summed E-state index contributed by atoms with van der Waals surface area (Å²) in [5.74, 6) is 0.274. The smallest absolute Gasteiger partial charge is 0.264 e. The van der Waals surface area contributed by atoms with Crippen molar-refractivity contribution in [3.8, 4) is 11.8 Å². The maximum Gasteiger partial charge on any atom is 0.264 e. The summed E-state index contributed by atoms with van der Waals surface area (Å²) >= 11 is 0. The second-order valence-corrected chi connectivity index (χ2v) is 5.42. The van der Waals surface area contributed by atoms with E-state index in [4.69, 9.17) is 10.00 Å². The first-order valence-electron chi connectivity index (χ1n) is 7.39. The van der Waals surface area contributed by atoms with Crippen molar-refractivity contribution in [3.05, 3.63) is 59.2 Å². The van der Waals surface area contributed by atoms with E-state index in [9.17, 15) is 9.59 Å². The summed E-state index contributed by atoms with van der Waals surface area (Å²) in [5, 5.41) is 11.7. The molecular formula is C18H15N3O3. The lowest BCUT2D eigenvalue weighted by Crippen LogP contribution is -2.35. The lowest BCUT2D eigenvalue weighted by molar-refractivity contribution is -0.120. The van der Waals surface area contributed by atoms with Gasteiger partial charge in [-0.3, -0.25) is 9.59 Å². The summed E-state index contributed by atoms with van der Waals surface area (Å²) in [5.41, 5.74) is 2.41. The number of anilines is 1. The van der Waals surface area contributed by atoms with Crippen molar-refractivity contribution in [2.24, 2.45) is 0 Å². The van der Waals surface area contributed by atoms with Gasteiger partial charge in [0.05, 0.1) is 17.3 Å². The van der Waals surface area contributed by atoms with Crippen LogP contribution in [0.1, 0.15) is 21.5 Å². The number of fused-ring (bicyclic) bond motifs is 1. The second kappa shape index (κ2) is 6.42. The highest BCUT2D eigenvalue weighted by atomic mass is 16.5. The molecule has 3 rings (SSSR count). The van der Waals surface area contributed by atoms with Gasteiger partial charge in [-0.15, -0.1) is 0 Å². The number of nitrogens with zero attached hydrogens (tertiary/aromatic N) is 2. The molecule has 0 unspecified atom stereocenters. The van der Waals surface area contributed by atoms with Crippen LogP contribution in [0.5, 0.6) is 5.75 Å². The highest BCUT2D eigenvalue weighted by Crippen LogP contribution is 2.31. The minimum Gasteiger partial charge on any atom is -0.482 e. The van der Waals surface area contributed by atoms with Crippen molar-refractivity contribution in [2.45, 2.75) is 6.54 Å². The maximum atomic E-state index is 12.2. The van der Waals surface area contributed by atoms with Crippen LogP contribution in [0.25, 0.3) is 0 Å². The Balaban J connectivity index is 1.72. The summed E-state index contributed by atoms with van der Waals surface area (Å²) in [6.45, 7) is 0.347. The minimum atomic E-state index is -0.259. The van der Waals surface area contributed by atoms with Gasteiger partial charge in [-0.25, -0.2) is 0 Å². The average Bonchev–Trinajstić information content (AvgIpc) is 2.63. The molecule has 1 N–H and O–H groups in total. The number of nitrogens with one attached hydrogen (secondary N) is 1. The molecule has 1 aliphatic rings. The van der Waals surface area contributed by atoms with Crippen LogP contribution < -0.4 is 15.0 Å². The van der Waals surface area contributed by atoms with E-state index in [1.165, 1.54) is 0 Å². The van der Waals surface area contributed by atoms with Gasteiger partial charge in [-0.2, -0.15) is 5.26 Å². The molecule has 0 spiro atoms. The fraction of sp³-hybridized carbons (Fsp3) is 0.167. The number of hydrogen-bond donors (Lipinski definition) is 1. The molecule has 120 valence electrons. The summed E-state index contributed by atoms with van der Waals surface area (Å²) in [4.78, 5) is 25.4. The van der Waals surface area contributed by atoms with Gasteiger partial charge >= 0.3 is 0 Å². The Hall–Kier alpha value is -3.33. The average molecular weight is 321 g/mol. The molecule has 1 heterocycles. The molecule has 0 atom stereocenters. The van der Waals surface area contributed by atoms with Crippen molar-refractivity contribution in [3.63, 3.8) is 0 Å². The number of benzene rings is 2. The van der Waals surface area contributed by atoms with Crippen LogP contribution >= 0.6 is 0 Å². The first-order valence-corrected chi connectivity index (χ1v) is 7.39. The molecule has 0 saturated heterocycles. The van der Waals surface area contributed by atoms with Gasteiger partial charge in [0.25, 0.3) is 11.8 Å². The highest BCUT2D eigenvalue weighted by molar-refractivity contribution is 5.97. The van der Waals surface area contributed by atoms with Crippen LogP contribution in [0, 0.1) is 11.3 Å². The van der Waals surface area contributed by atoms with E-state index in [2.05, 4.69) is 5.32 Å². The molecule has 2 aromatic carbocycles. The Labute approximate surface area is 139 Å². The van der Waals surface area contributed by atoms with Gasteiger partial charge in [0.1, 0.15) is 5.75 Å². The quantitative estimate of drug-likeness (QED) is 0.935. The molecular weight excluding hydrogens is 306 g/mol. The molecule has 0 aromatic heterocycles. The number of hydrogen-bond acceptors (Lipinski definition) is 4. The zero-order chi connectivity index (χ0) is 17.1. The lowest BCUT2D eigenvalue weighted by Gasteiger charge is -2.26. The van der Waals surface area contributed by atoms with Crippen molar-refractivity contribution >= 4 is 17.5 Å². The summed E-state index contributed by atoms with van der Waals surface area (Å²) in [6, 6.07) is 14.0. The Bertz CT molecular complexity index is 855. The number of amides is 2. The standard InChI is InChI=1S/C18H15N3O3/c1-21-15-8-13(5-6-16(15)24-11-17(21)22)10-20-18(23)14-4-2-3-12(7-14)9-19/h2-8H,10-11H2,1H3,(H,20,23). The van der Waals surface area contributed by atoms with Crippen molar-refractivity contribution < 1.29 is 14.3 Å². The zero-order valence-electron chi connectivity index (χ0n) is 13.1. The van der Waals surface area contributed by atoms with Crippen molar-refractivity contribution in [1.82, 2.24) is 5.32 Å². The number of carbonyl (C=O) groups is 2. The van der Waals surface area contributed by atoms with Crippen molar-refractivity contribution in [1.29, 1.82) is 5.26 Å². The first kappa shape index (κ1) is 15.6. The second-order valence-electron chi connectivity index (χ2n) is 5.42. The zero-order valence-corrected chi connectivity index (χ0v) is 13.1. The topological polar surface area (TPSA) is 82.4 Å². The van der Waals surface area contributed by atoms with E-state index in [0.717, 1.165) is 5.56 Å². The molecule has 0 saturated carbocycles. The maximum absolute atomic E-state index is 12.2. The van der Waals surface area contributed by atoms with Crippen LogP contribution in [-0.2, 0) is 11.3 Å². The molecule has 0 radical (unpaired) electrons. The molecule has 6 nitrogen and oxygen atoms in total. The van der Waals surface area contributed by atoms with Gasteiger partial charge in [0.2, 0.25) is 0 Å². The summed E-state index contributed by atoms with van der Waals surface area (Å²) in [6.07, 6.45) is 0. The minimum absolute atomic E-state index is 0.0365. The molecule has 24 heavy (non-hydrogen) atoms. The molecule has 6 heteroatoms. The van der Waals surface area contributed by atoms with E-state index >= 15 is 0 Å². The van der Waals surface area contributed by atoms with E-state index in [1.54, 1.807) is 42.3 Å². The Morgan fingerprint density at radius 3 is 2.96 bits per heavy atom. The summed E-state index contributed by atoms with van der Waals surface area (Å²) < 4.78 is 5.37. The van der Waals surface area contributed by atoms with Gasteiger partial charge in [-0.1, -0.05) is 12.1 Å². The summed E-state index contributed by atoms with van der Waals surface area (Å²) in [7, 11) is 1.69. The normalized spacial score (nSPS) is 12.8. The van der Waals surface area contributed by atoms with Crippen LogP contribution in [0.2, 0.25) is 0 Å². The van der Waals surface area contributed by atoms with Gasteiger partial charge in [0, 0.05) is 19.2 Å². The molecule has 2 amide bonds. The molecule has 0 fully saturated rings. The predicted molar refractivity (Wildman–Crippen MR) is 87.7 cm³/mol. The van der Waals surface area contributed by atoms with E-state index < -0.39 is 0 Å². The molecule has 0 bridgehead atoms. The Morgan fingerprint density at radius 2 is 2.17 bits per heavy atom. The number of rotatable bonds is 3. The third kappa shape index (κ3) is 3.06. The highest BCUT2D eigenvalue weighted by Gasteiger charge is 2.22. The van der Waals surface area contributed by atoms with Crippen molar-refractivity contribution in [2.75, 3.05) is 18.6 Å². The molecule has 2 aromatic rings. The van der Waals surface area contributed by atoms with E-state index in [0.29, 0.717) is 29.1 Å². The Morgan fingerprint density at radius 1 is 1.33 bits per heavy atom. The van der Waals surface area contributed by atoms with E-state index in [-0.39, 0.29) is 18.4 Å². The third-order valence-electron chi connectivity index (χ3n) is 3.82. The van der Waals surface area contributed by atoms with Gasteiger partial charge in [-0.05, 0) is 35.9 Å². The molecule has 0 aliphatic carbocycles. The largest absolute Gasteiger partial charge is 0.482 e. The number of nitriles is 1. The number of likely N-dealkylation sites (N-methyl/N-ethyl adjacent to an activating group) is 1. The first-order chi connectivity index (χ1) is 11.6. The van der Waals surface area contributed by atoms with E-state index in [1.807, 2.05) is 18.2 Å². The monoisotopic (exact) mass is 321 g/mol. The lowest BCUT2D eigenvalue weighted by atomic mass is 10.1. The van der Waals surface area contributed by atoms with Gasteiger partial charge < -0.3 is 15.0 Å². The van der Waals surface area contributed by atoms with Crippen LogP contribution in [-0.4, -0.2) is 25.5 Å². The van der Waals surface area contributed by atoms with Crippen LogP contribution in [0.3, 0.4) is 0 Å². The fourth-order valence-electron chi connectivity index (χ4n) is 2.44.